The van der Waals surface area contributed by atoms with Crippen molar-refractivity contribution in [2.45, 2.75) is 13.3 Å². The van der Waals surface area contributed by atoms with E-state index in [9.17, 15) is 14.4 Å². The van der Waals surface area contributed by atoms with Crippen LogP contribution < -0.4 is 19.5 Å². The van der Waals surface area contributed by atoms with Crippen LogP contribution in [0.25, 0.3) is 6.08 Å². The summed E-state index contributed by atoms with van der Waals surface area (Å²) in [5, 5.41) is 2.50. The van der Waals surface area contributed by atoms with Gasteiger partial charge in [-0.05, 0) is 30.7 Å². The van der Waals surface area contributed by atoms with Crippen molar-refractivity contribution in [2.24, 2.45) is 0 Å². The monoisotopic (exact) mass is 378 g/mol. The van der Waals surface area contributed by atoms with Crippen LogP contribution in [0.5, 0.6) is 17.2 Å². The van der Waals surface area contributed by atoms with E-state index in [-0.39, 0.29) is 25.3 Å². The lowest BCUT2D eigenvalue weighted by atomic mass is 10.1. The van der Waals surface area contributed by atoms with E-state index in [0.717, 1.165) is 4.90 Å². The van der Waals surface area contributed by atoms with Crippen LogP contribution in [-0.2, 0) is 14.3 Å². The van der Waals surface area contributed by atoms with Gasteiger partial charge in [0.05, 0.1) is 34.4 Å². The molecule has 1 aromatic rings. The molecule has 1 aromatic carbocycles. The number of imide groups is 1. The molecule has 2 rings (SSSR count). The molecule has 0 atom stereocenters. The first-order chi connectivity index (χ1) is 12.9. The van der Waals surface area contributed by atoms with E-state index in [4.69, 9.17) is 18.9 Å². The summed E-state index contributed by atoms with van der Waals surface area (Å²) in [6.07, 6.45) is 1.43. The number of carbonyl (C=O) groups excluding carboxylic acids is 3. The van der Waals surface area contributed by atoms with E-state index in [1.807, 2.05) is 0 Å². The third-order valence-corrected chi connectivity index (χ3v) is 3.81. The van der Waals surface area contributed by atoms with Crippen LogP contribution in [0.1, 0.15) is 18.9 Å². The molecule has 146 valence electrons. The summed E-state index contributed by atoms with van der Waals surface area (Å²) in [6, 6.07) is 2.70. The predicted molar refractivity (Wildman–Crippen MR) is 95.6 cm³/mol. The number of amides is 3. The zero-order chi connectivity index (χ0) is 20.0. The van der Waals surface area contributed by atoms with Crippen molar-refractivity contribution in [1.82, 2.24) is 10.2 Å². The van der Waals surface area contributed by atoms with Crippen molar-refractivity contribution < 1.29 is 33.3 Å². The number of nitrogens with zero attached hydrogens (tertiary/aromatic N) is 1. The fourth-order valence-electron chi connectivity index (χ4n) is 2.56. The second-order valence-corrected chi connectivity index (χ2v) is 5.46. The zero-order valence-corrected chi connectivity index (χ0v) is 15.7. The standard InChI is InChI=1S/C18H22N2O7/c1-5-27-15(21)6-7-20-17(22)12(19-18(20)23)8-11-9-13(24-2)16(26-4)14(10-11)25-3/h8-10H,5-7H2,1-4H3,(H,19,23)/b12-8+. The second-order valence-electron chi connectivity index (χ2n) is 5.46. The molecule has 0 aromatic heterocycles. The third kappa shape index (κ3) is 4.49. The van der Waals surface area contributed by atoms with Crippen LogP contribution in [0.15, 0.2) is 17.8 Å². The average Bonchev–Trinajstić information content (AvgIpc) is 2.92. The van der Waals surface area contributed by atoms with Gasteiger partial charge in [-0.1, -0.05) is 0 Å². The molecule has 1 saturated heterocycles. The minimum Gasteiger partial charge on any atom is -0.493 e. The summed E-state index contributed by atoms with van der Waals surface area (Å²) >= 11 is 0. The number of esters is 1. The molecule has 9 nitrogen and oxygen atoms in total. The van der Waals surface area contributed by atoms with E-state index in [1.165, 1.54) is 27.4 Å². The predicted octanol–water partition coefficient (Wildman–Crippen LogP) is 1.56. The molecule has 1 aliphatic heterocycles. The smallest absolute Gasteiger partial charge is 0.329 e. The lowest BCUT2D eigenvalue weighted by Crippen LogP contribution is -2.33. The first-order valence-corrected chi connectivity index (χ1v) is 8.25. The quantitative estimate of drug-likeness (QED) is 0.416. The molecule has 3 amide bonds. The molecule has 0 spiro atoms. The topological polar surface area (TPSA) is 103 Å². The van der Waals surface area contributed by atoms with Crippen molar-refractivity contribution in [3.05, 3.63) is 23.4 Å². The van der Waals surface area contributed by atoms with E-state index >= 15 is 0 Å². The van der Waals surface area contributed by atoms with Crippen LogP contribution in [0.4, 0.5) is 4.79 Å². The van der Waals surface area contributed by atoms with Crippen molar-refractivity contribution in [1.29, 1.82) is 0 Å². The van der Waals surface area contributed by atoms with Gasteiger partial charge in [-0.3, -0.25) is 14.5 Å². The van der Waals surface area contributed by atoms with Gasteiger partial charge in [-0.2, -0.15) is 0 Å². The largest absolute Gasteiger partial charge is 0.493 e. The Balaban J connectivity index is 2.23. The number of benzene rings is 1. The second kappa shape index (κ2) is 8.93. The number of methoxy groups -OCH3 is 3. The lowest BCUT2D eigenvalue weighted by Gasteiger charge is -2.13. The summed E-state index contributed by atoms with van der Waals surface area (Å²) in [5.41, 5.74) is 0.651. The van der Waals surface area contributed by atoms with Gasteiger partial charge in [0.2, 0.25) is 5.75 Å². The Morgan fingerprint density at radius 1 is 1.11 bits per heavy atom. The molecule has 0 saturated carbocycles. The Labute approximate surface area is 156 Å². The molecule has 27 heavy (non-hydrogen) atoms. The molecule has 1 aliphatic rings. The number of ether oxygens (including phenoxy) is 4. The van der Waals surface area contributed by atoms with Crippen LogP contribution in [0.3, 0.4) is 0 Å². The van der Waals surface area contributed by atoms with Crippen LogP contribution in [-0.4, -0.2) is 57.3 Å². The Hall–Kier alpha value is -3.23. The van der Waals surface area contributed by atoms with Crippen molar-refractivity contribution in [2.75, 3.05) is 34.5 Å². The SMILES string of the molecule is CCOC(=O)CCN1C(=O)N/C(=C/c2cc(OC)c(OC)c(OC)c2)C1=O. The average molecular weight is 378 g/mol. The Bertz CT molecular complexity index is 748. The Morgan fingerprint density at radius 2 is 1.74 bits per heavy atom. The Kier molecular flexibility index (Phi) is 6.64. The lowest BCUT2D eigenvalue weighted by molar-refractivity contribution is -0.143. The van der Waals surface area contributed by atoms with Crippen molar-refractivity contribution in [3.8, 4) is 17.2 Å². The summed E-state index contributed by atoms with van der Waals surface area (Å²) in [4.78, 5) is 36.9. The Morgan fingerprint density at radius 3 is 2.26 bits per heavy atom. The third-order valence-electron chi connectivity index (χ3n) is 3.81. The van der Waals surface area contributed by atoms with E-state index < -0.39 is 17.9 Å². The number of nitrogens with one attached hydrogen (secondary N) is 1. The molecular formula is C18H22N2O7. The van der Waals surface area contributed by atoms with Gasteiger partial charge >= 0.3 is 12.0 Å². The van der Waals surface area contributed by atoms with Gasteiger partial charge in [-0.15, -0.1) is 0 Å². The molecule has 1 heterocycles. The summed E-state index contributed by atoms with van der Waals surface area (Å²) in [6.45, 7) is 1.87. The fourth-order valence-corrected chi connectivity index (χ4v) is 2.56. The van der Waals surface area contributed by atoms with Crippen LogP contribution in [0, 0.1) is 0 Å². The number of carbonyl (C=O) groups is 3. The molecule has 9 heteroatoms. The number of hydrogen-bond donors (Lipinski definition) is 1. The molecular weight excluding hydrogens is 356 g/mol. The molecule has 0 bridgehead atoms. The maximum atomic E-state index is 12.5. The minimum absolute atomic E-state index is 0.0594. The number of urea groups is 1. The van der Waals surface area contributed by atoms with Gasteiger partial charge in [-0.25, -0.2) is 4.79 Å². The first kappa shape index (κ1) is 20.1. The summed E-state index contributed by atoms with van der Waals surface area (Å²) in [7, 11) is 4.45. The molecule has 0 unspecified atom stereocenters. The maximum Gasteiger partial charge on any atom is 0.329 e. The normalized spacial score (nSPS) is 15.0. The van der Waals surface area contributed by atoms with Gasteiger partial charge in [0.1, 0.15) is 5.70 Å². The highest BCUT2D eigenvalue weighted by Gasteiger charge is 2.33. The van der Waals surface area contributed by atoms with Crippen LogP contribution >= 0.6 is 0 Å². The highest BCUT2D eigenvalue weighted by atomic mass is 16.5. The highest BCUT2D eigenvalue weighted by Crippen LogP contribution is 2.38. The van der Waals surface area contributed by atoms with Crippen molar-refractivity contribution in [3.63, 3.8) is 0 Å². The fraction of sp³-hybridized carbons (Fsp3) is 0.389. The maximum absolute atomic E-state index is 12.5. The van der Waals surface area contributed by atoms with Gasteiger partial charge in [0, 0.05) is 6.54 Å². The highest BCUT2D eigenvalue weighted by molar-refractivity contribution is 6.14. The van der Waals surface area contributed by atoms with E-state index in [2.05, 4.69) is 5.32 Å². The van der Waals surface area contributed by atoms with Gasteiger partial charge < -0.3 is 24.3 Å². The molecule has 0 aliphatic carbocycles. The molecule has 1 fully saturated rings. The van der Waals surface area contributed by atoms with Gasteiger partial charge in [0.15, 0.2) is 11.5 Å². The van der Waals surface area contributed by atoms with E-state index in [1.54, 1.807) is 19.1 Å². The molecule has 1 N–H and O–H groups in total. The molecule has 0 radical (unpaired) electrons. The zero-order valence-electron chi connectivity index (χ0n) is 15.7. The summed E-state index contributed by atoms with van der Waals surface area (Å²) in [5.74, 6) is 0.248. The minimum atomic E-state index is -0.594. The van der Waals surface area contributed by atoms with Crippen molar-refractivity contribution >= 4 is 24.0 Å². The van der Waals surface area contributed by atoms with Crippen LogP contribution in [0.2, 0.25) is 0 Å². The van der Waals surface area contributed by atoms with E-state index in [0.29, 0.717) is 22.8 Å². The van der Waals surface area contributed by atoms with Gasteiger partial charge in [0.25, 0.3) is 5.91 Å². The first-order valence-electron chi connectivity index (χ1n) is 8.25. The number of hydrogen-bond acceptors (Lipinski definition) is 7. The summed E-state index contributed by atoms with van der Waals surface area (Å²) < 4.78 is 20.6. The number of rotatable bonds is 8.